The van der Waals surface area contributed by atoms with E-state index in [9.17, 15) is 9.90 Å². The zero-order valence-electron chi connectivity index (χ0n) is 13.6. The van der Waals surface area contributed by atoms with Crippen LogP contribution in [0.2, 0.25) is 0 Å². The number of aliphatic hydroxyl groups excluding tert-OH is 1. The number of urea groups is 1. The maximum absolute atomic E-state index is 12.0. The van der Waals surface area contributed by atoms with Crippen LogP contribution in [0.4, 0.5) is 4.79 Å². The molecule has 0 radical (unpaired) electrons. The molecule has 1 aromatic heterocycles. The number of likely N-dealkylation sites (N-methyl/N-ethyl adjacent to an activating group) is 1. The second kappa shape index (κ2) is 7.60. The topological polar surface area (TPSA) is 82.4 Å². The van der Waals surface area contributed by atoms with Crippen molar-refractivity contribution in [3.8, 4) is 0 Å². The van der Waals surface area contributed by atoms with Crippen LogP contribution in [-0.2, 0) is 7.05 Å². The molecule has 22 heavy (non-hydrogen) atoms. The van der Waals surface area contributed by atoms with E-state index in [-0.39, 0.29) is 18.1 Å². The third-order valence-electron chi connectivity index (χ3n) is 4.23. The van der Waals surface area contributed by atoms with E-state index in [1.807, 2.05) is 38.4 Å². The van der Waals surface area contributed by atoms with Crippen molar-refractivity contribution in [2.75, 3.05) is 20.6 Å². The van der Waals surface area contributed by atoms with Crippen LogP contribution in [0.5, 0.6) is 0 Å². The standard InChI is InChI=1S/C15H27N5O2/c1-19(2)13(11-8-17-20(3)10-11)9-16-15(22)18-12-6-4-5-7-14(12)21/h8,10,12-14,21H,4-7,9H2,1-3H3,(H2,16,18,22). The van der Waals surface area contributed by atoms with Crippen LogP contribution in [0.25, 0.3) is 0 Å². The van der Waals surface area contributed by atoms with E-state index in [4.69, 9.17) is 0 Å². The molecule has 2 rings (SSSR count). The van der Waals surface area contributed by atoms with E-state index in [1.165, 1.54) is 0 Å². The largest absolute Gasteiger partial charge is 0.391 e. The molecule has 0 aliphatic heterocycles. The molecule has 3 unspecified atom stereocenters. The molecule has 2 amide bonds. The van der Waals surface area contributed by atoms with Gasteiger partial charge in [0.2, 0.25) is 0 Å². The summed E-state index contributed by atoms with van der Waals surface area (Å²) in [6.45, 7) is 0.493. The van der Waals surface area contributed by atoms with E-state index in [0.717, 1.165) is 31.2 Å². The Morgan fingerprint density at radius 2 is 2.23 bits per heavy atom. The molecule has 0 spiro atoms. The second-order valence-corrected chi connectivity index (χ2v) is 6.24. The molecule has 7 nitrogen and oxygen atoms in total. The van der Waals surface area contributed by atoms with Crippen LogP contribution in [0.3, 0.4) is 0 Å². The molecule has 7 heteroatoms. The number of hydrogen-bond donors (Lipinski definition) is 3. The Kier molecular flexibility index (Phi) is 5.79. The van der Waals surface area contributed by atoms with Crippen LogP contribution in [0, 0.1) is 0 Å². The van der Waals surface area contributed by atoms with E-state index in [0.29, 0.717) is 6.54 Å². The highest BCUT2D eigenvalue weighted by atomic mass is 16.3. The minimum Gasteiger partial charge on any atom is -0.391 e. The molecule has 1 saturated carbocycles. The van der Waals surface area contributed by atoms with Gasteiger partial charge < -0.3 is 20.6 Å². The highest BCUT2D eigenvalue weighted by Gasteiger charge is 2.25. The molecular formula is C15H27N5O2. The molecule has 124 valence electrons. The average molecular weight is 309 g/mol. The van der Waals surface area contributed by atoms with Gasteiger partial charge in [-0.2, -0.15) is 5.10 Å². The van der Waals surface area contributed by atoms with Crippen molar-refractivity contribution in [3.63, 3.8) is 0 Å². The maximum atomic E-state index is 12.0. The quantitative estimate of drug-likeness (QED) is 0.745. The summed E-state index contributed by atoms with van der Waals surface area (Å²) in [6.07, 6.45) is 7.03. The normalized spacial score (nSPS) is 23.3. The molecule has 0 bridgehead atoms. The lowest BCUT2D eigenvalue weighted by molar-refractivity contribution is 0.0941. The molecule has 1 fully saturated rings. The number of aromatic nitrogens is 2. The summed E-state index contributed by atoms with van der Waals surface area (Å²) < 4.78 is 1.75. The number of aliphatic hydroxyl groups is 1. The van der Waals surface area contributed by atoms with Crippen LogP contribution in [-0.4, -0.2) is 58.6 Å². The molecule has 3 atom stereocenters. The number of nitrogens with zero attached hydrogens (tertiary/aromatic N) is 3. The molecular weight excluding hydrogens is 282 g/mol. The first-order chi connectivity index (χ1) is 10.5. The highest BCUT2D eigenvalue weighted by Crippen LogP contribution is 2.18. The van der Waals surface area contributed by atoms with Crippen LogP contribution in [0.1, 0.15) is 37.3 Å². The minimum atomic E-state index is -0.428. The SMILES string of the molecule is CN(C)C(CNC(=O)NC1CCCCC1O)c1cnn(C)c1. The lowest BCUT2D eigenvalue weighted by Crippen LogP contribution is -2.50. The van der Waals surface area contributed by atoms with Gasteiger partial charge in [0.1, 0.15) is 0 Å². The van der Waals surface area contributed by atoms with Crippen molar-refractivity contribution in [2.45, 2.75) is 43.9 Å². The fourth-order valence-electron chi connectivity index (χ4n) is 2.90. The van der Waals surface area contributed by atoms with E-state index in [2.05, 4.69) is 15.7 Å². The van der Waals surface area contributed by atoms with Gasteiger partial charge in [-0.15, -0.1) is 0 Å². The summed E-state index contributed by atoms with van der Waals surface area (Å²) in [5, 5.41) is 19.9. The maximum Gasteiger partial charge on any atom is 0.315 e. The summed E-state index contributed by atoms with van der Waals surface area (Å²) in [7, 11) is 5.82. The summed E-state index contributed by atoms with van der Waals surface area (Å²) in [6, 6.07) is -0.289. The lowest BCUT2D eigenvalue weighted by Gasteiger charge is -2.29. The smallest absolute Gasteiger partial charge is 0.315 e. The van der Waals surface area contributed by atoms with Gasteiger partial charge in [0.25, 0.3) is 0 Å². The Bertz CT molecular complexity index is 488. The number of carbonyl (C=O) groups is 1. The summed E-state index contributed by atoms with van der Waals surface area (Å²) >= 11 is 0. The molecule has 1 heterocycles. The van der Waals surface area contributed by atoms with Crippen LogP contribution < -0.4 is 10.6 Å². The molecule has 3 N–H and O–H groups in total. The predicted molar refractivity (Wildman–Crippen MR) is 84.4 cm³/mol. The van der Waals surface area contributed by atoms with Gasteiger partial charge in [-0.25, -0.2) is 4.79 Å². The minimum absolute atomic E-state index is 0.0655. The summed E-state index contributed by atoms with van der Waals surface area (Å²) in [5.74, 6) is 0. The Labute approximate surface area is 131 Å². The van der Waals surface area contributed by atoms with Gasteiger partial charge in [0.05, 0.1) is 24.4 Å². The van der Waals surface area contributed by atoms with Crippen molar-refractivity contribution in [3.05, 3.63) is 18.0 Å². The number of aryl methyl sites for hydroxylation is 1. The second-order valence-electron chi connectivity index (χ2n) is 6.24. The van der Waals surface area contributed by atoms with Gasteiger partial charge in [0, 0.05) is 25.4 Å². The Balaban J connectivity index is 1.85. The first kappa shape index (κ1) is 16.8. The number of amides is 2. The third-order valence-corrected chi connectivity index (χ3v) is 4.23. The average Bonchev–Trinajstić information content (AvgIpc) is 2.87. The van der Waals surface area contributed by atoms with Crippen molar-refractivity contribution in [2.24, 2.45) is 7.05 Å². The summed E-state index contributed by atoms with van der Waals surface area (Å²) in [5.41, 5.74) is 1.06. The van der Waals surface area contributed by atoms with Crippen LogP contribution >= 0.6 is 0 Å². The zero-order chi connectivity index (χ0) is 16.1. The molecule has 0 aromatic carbocycles. The molecule has 1 aliphatic rings. The van der Waals surface area contributed by atoms with Gasteiger partial charge in [-0.1, -0.05) is 12.8 Å². The molecule has 0 saturated heterocycles. The van der Waals surface area contributed by atoms with Gasteiger partial charge in [0.15, 0.2) is 0 Å². The van der Waals surface area contributed by atoms with Gasteiger partial charge in [-0.3, -0.25) is 4.68 Å². The first-order valence-corrected chi connectivity index (χ1v) is 7.84. The Morgan fingerprint density at radius 3 is 2.82 bits per heavy atom. The van der Waals surface area contributed by atoms with Gasteiger partial charge >= 0.3 is 6.03 Å². The van der Waals surface area contributed by atoms with E-state index in [1.54, 1.807) is 4.68 Å². The predicted octanol–water partition coefficient (Wildman–Crippen LogP) is 0.625. The third kappa shape index (κ3) is 4.45. The number of carbonyl (C=O) groups excluding carboxylic acids is 1. The highest BCUT2D eigenvalue weighted by molar-refractivity contribution is 5.74. The Morgan fingerprint density at radius 1 is 1.50 bits per heavy atom. The Hall–Kier alpha value is -1.60. The van der Waals surface area contributed by atoms with Crippen LogP contribution in [0.15, 0.2) is 12.4 Å². The lowest BCUT2D eigenvalue weighted by atomic mass is 9.93. The van der Waals surface area contributed by atoms with E-state index >= 15 is 0 Å². The van der Waals surface area contributed by atoms with Crippen molar-refractivity contribution >= 4 is 6.03 Å². The number of nitrogens with one attached hydrogen (secondary N) is 2. The monoisotopic (exact) mass is 309 g/mol. The van der Waals surface area contributed by atoms with E-state index < -0.39 is 6.10 Å². The van der Waals surface area contributed by atoms with Crippen molar-refractivity contribution in [1.29, 1.82) is 0 Å². The molecule has 1 aliphatic carbocycles. The fraction of sp³-hybridized carbons (Fsp3) is 0.733. The number of rotatable bonds is 5. The van der Waals surface area contributed by atoms with Crippen molar-refractivity contribution < 1.29 is 9.90 Å². The molecule has 1 aromatic rings. The van der Waals surface area contributed by atoms with Crippen molar-refractivity contribution in [1.82, 2.24) is 25.3 Å². The zero-order valence-corrected chi connectivity index (χ0v) is 13.6. The van der Waals surface area contributed by atoms with Gasteiger partial charge in [-0.05, 0) is 26.9 Å². The number of hydrogen-bond acceptors (Lipinski definition) is 4. The summed E-state index contributed by atoms with van der Waals surface area (Å²) in [4.78, 5) is 14.1. The first-order valence-electron chi connectivity index (χ1n) is 7.84. The fourth-order valence-corrected chi connectivity index (χ4v) is 2.90.